The summed E-state index contributed by atoms with van der Waals surface area (Å²) in [6, 6.07) is 1.62. The number of rotatable bonds is 4. The Bertz CT molecular complexity index is 654. The number of sulfone groups is 1. The number of fused-ring (bicyclic) bond motifs is 1. The molecule has 1 aromatic heterocycles. The average molecular weight is 306 g/mol. The molecule has 1 heterocycles. The molecule has 5 heteroatoms. The monoisotopic (exact) mass is 306 g/mol. The van der Waals surface area contributed by atoms with E-state index < -0.39 is 9.84 Å². The number of H-pyrrole nitrogens is 1. The van der Waals surface area contributed by atoms with Gasteiger partial charge in [-0.05, 0) is 63.3 Å². The smallest absolute Gasteiger partial charge is 0.207 e. The maximum absolute atomic E-state index is 12.6. The first kappa shape index (κ1) is 14.6. The number of nitrogens with one attached hydrogen (secondary N) is 2. The van der Waals surface area contributed by atoms with Crippen molar-refractivity contribution in [3.05, 3.63) is 41.1 Å². The molecule has 21 heavy (non-hydrogen) atoms. The van der Waals surface area contributed by atoms with E-state index in [0.717, 1.165) is 25.8 Å². The van der Waals surface area contributed by atoms with E-state index in [0.29, 0.717) is 21.6 Å². The first-order valence-electron chi connectivity index (χ1n) is 7.56. The highest BCUT2D eigenvalue weighted by Gasteiger charge is 2.32. The van der Waals surface area contributed by atoms with Gasteiger partial charge in [0.2, 0.25) is 9.84 Å². The predicted molar refractivity (Wildman–Crippen MR) is 83.5 cm³/mol. The second kappa shape index (κ2) is 5.81. The van der Waals surface area contributed by atoms with Crippen LogP contribution in [0.3, 0.4) is 0 Å². The van der Waals surface area contributed by atoms with Crippen LogP contribution in [0.25, 0.3) is 0 Å². The SMILES string of the molecule is CNC[C@@H]1CCCC2=CC(S(=O)(=O)c3cc[nH]c3)=CCC21. The molecule has 2 aliphatic carbocycles. The van der Waals surface area contributed by atoms with Crippen molar-refractivity contribution in [2.45, 2.75) is 30.6 Å². The third-order valence-corrected chi connectivity index (χ3v) is 6.42. The molecule has 2 N–H and O–H groups in total. The van der Waals surface area contributed by atoms with E-state index in [2.05, 4.69) is 10.3 Å². The fourth-order valence-electron chi connectivity index (χ4n) is 3.57. The van der Waals surface area contributed by atoms with Gasteiger partial charge in [0.15, 0.2) is 0 Å². The van der Waals surface area contributed by atoms with E-state index in [1.54, 1.807) is 18.5 Å². The Balaban J connectivity index is 1.87. The van der Waals surface area contributed by atoms with Crippen LogP contribution in [0.2, 0.25) is 0 Å². The first-order chi connectivity index (χ1) is 10.1. The van der Waals surface area contributed by atoms with Gasteiger partial charge in [-0.2, -0.15) is 0 Å². The van der Waals surface area contributed by atoms with Crippen LogP contribution in [0.1, 0.15) is 25.7 Å². The summed E-state index contributed by atoms with van der Waals surface area (Å²) in [4.78, 5) is 3.64. The van der Waals surface area contributed by atoms with Crippen LogP contribution in [-0.4, -0.2) is 27.0 Å². The highest BCUT2D eigenvalue weighted by molar-refractivity contribution is 7.95. The summed E-state index contributed by atoms with van der Waals surface area (Å²) in [6.07, 6.45) is 11.3. The molecule has 0 saturated heterocycles. The van der Waals surface area contributed by atoms with Crippen molar-refractivity contribution >= 4 is 9.84 Å². The van der Waals surface area contributed by atoms with Gasteiger partial charge in [-0.25, -0.2) is 8.42 Å². The molecule has 1 aromatic rings. The van der Waals surface area contributed by atoms with E-state index in [1.807, 2.05) is 19.2 Å². The Morgan fingerprint density at radius 3 is 3.00 bits per heavy atom. The van der Waals surface area contributed by atoms with Crippen LogP contribution < -0.4 is 5.32 Å². The molecule has 2 atom stereocenters. The summed E-state index contributed by atoms with van der Waals surface area (Å²) >= 11 is 0. The molecule has 1 unspecified atom stereocenters. The number of aromatic nitrogens is 1. The lowest BCUT2D eigenvalue weighted by molar-refractivity contribution is 0.296. The van der Waals surface area contributed by atoms with Crippen molar-refractivity contribution in [3.63, 3.8) is 0 Å². The second-order valence-corrected chi connectivity index (χ2v) is 7.88. The topological polar surface area (TPSA) is 62.0 Å². The van der Waals surface area contributed by atoms with Gasteiger partial charge in [0, 0.05) is 12.4 Å². The number of hydrogen-bond acceptors (Lipinski definition) is 3. The van der Waals surface area contributed by atoms with Crippen molar-refractivity contribution in [3.8, 4) is 0 Å². The van der Waals surface area contributed by atoms with Crippen LogP contribution in [0, 0.1) is 11.8 Å². The standard InChI is InChI=1S/C16H22N2O2S/c1-17-10-13-4-2-3-12-9-14(5-6-16(12)13)21(19,20)15-7-8-18-11-15/h5,7-9,11,13,16-18H,2-4,6,10H2,1H3/t13-,16?/m0/s1. The molecular formula is C16H22N2O2S. The first-order valence-corrected chi connectivity index (χ1v) is 9.04. The summed E-state index contributed by atoms with van der Waals surface area (Å²) in [7, 11) is -1.38. The molecule has 0 aliphatic heterocycles. The normalized spacial score (nSPS) is 26.0. The summed E-state index contributed by atoms with van der Waals surface area (Å²) in [6.45, 7) is 1.01. The second-order valence-electron chi connectivity index (χ2n) is 5.93. The number of allylic oxidation sites excluding steroid dienone is 3. The Labute approximate surface area is 126 Å². The van der Waals surface area contributed by atoms with Gasteiger partial charge >= 0.3 is 0 Å². The van der Waals surface area contributed by atoms with Crippen LogP contribution in [0.5, 0.6) is 0 Å². The van der Waals surface area contributed by atoms with Crippen LogP contribution in [0.15, 0.2) is 46.0 Å². The summed E-state index contributed by atoms with van der Waals surface area (Å²) in [5.41, 5.74) is 1.32. The minimum atomic E-state index is -3.36. The van der Waals surface area contributed by atoms with E-state index in [9.17, 15) is 8.42 Å². The lowest BCUT2D eigenvalue weighted by atomic mass is 9.72. The molecule has 2 aliphatic rings. The molecule has 1 saturated carbocycles. The van der Waals surface area contributed by atoms with Gasteiger partial charge in [-0.1, -0.05) is 11.6 Å². The lowest BCUT2D eigenvalue weighted by Gasteiger charge is -2.35. The van der Waals surface area contributed by atoms with E-state index >= 15 is 0 Å². The summed E-state index contributed by atoms with van der Waals surface area (Å²) in [5, 5.41) is 3.26. The number of aromatic amines is 1. The largest absolute Gasteiger partial charge is 0.366 e. The van der Waals surface area contributed by atoms with Crippen LogP contribution >= 0.6 is 0 Å². The summed E-state index contributed by atoms with van der Waals surface area (Å²) in [5.74, 6) is 1.14. The van der Waals surface area contributed by atoms with Crippen molar-refractivity contribution in [2.24, 2.45) is 11.8 Å². The zero-order chi connectivity index (χ0) is 14.9. The fraction of sp³-hybridized carbons (Fsp3) is 0.500. The van der Waals surface area contributed by atoms with Crippen LogP contribution in [0.4, 0.5) is 0 Å². The van der Waals surface area contributed by atoms with Gasteiger partial charge in [-0.3, -0.25) is 0 Å². The molecule has 114 valence electrons. The highest BCUT2D eigenvalue weighted by Crippen LogP contribution is 2.41. The zero-order valence-electron chi connectivity index (χ0n) is 12.3. The van der Waals surface area contributed by atoms with E-state index in [1.165, 1.54) is 12.0 Å². The minimum absolute atomic E-state index is 0.353. The molecule has 0 spiro atoms. The van der Waals surface area contributed by atoms with Crippen molar-refractivity contribution in [1.82, 2.24) is 10.3 Å². The summed E-state index contributed by atoms with van der Waals surface area (Å²) < 4.78 is 25.2. The maximum atomic E-state index is 12.6. The fourth-order valence-corrected chi connectivity index (χ4v) is 4.94. The quantitative estimate of drug-likeness (QED) is 0.899. The predicted octanol–water partition coefficient (Wildman–Crippen LogP) is 2.64. The molecular weight excluding hydrogens is 284 g/mol. The van der Waals surface area contributed by atoms with E-state index in [4.69, 9.17) is 0 Å². The molecule has 0 bridgehead atoms. The molecule has 4 nitrogen and oxygen atoms in total. The molecule has 1 fully saturated rings. The van der Waals surface area contributed by atoms with Gasteiger partial charge in [-0.15, -0.1) is 0 Å². The van der Waals surface area contributed by atoms with Crippen molar-refractivity contribution < 1.29 is 8.42 Å². The van der Waals surface area contributed by atoms with Crippen LogP contribution in [-0.2, 0) is 9.84 Å². The molecule has 0 aromatic carbocycles. The highest BCUT2D eigenvalue weighted by atomic mass is 32.2. The molecule has 0 radical (unpaired) electrons. The Hall–Kier alpha value is -1.33. The lowest BCUT2D eigenvalue weighted by Crippen LogP contribution is -2.31. The van der Waals surface area contributed by atoms with Gasteiger partial charge in [0.25, 0.3) is 0 Å². The molecule has 0 amide bonds. The van der Waals surface area contributed by atoms with Gasteiger partial charge < -0.3 is 10.3 Å². The minimum Gasteiger partial charge on any atom is -0.366 e. The zero-order valence-corrected chi connectivity index (χ0v) is 13.1. The van der Waals surface area contributed by atoms with Gasteiger partial charge in [0.05, 0.1) is 9.80 Å². The maximum Gasteiger partial charge on any atom is 0.207 e. The Kier molecular flexibility index (Phi) is 4.04. The third kappa shape index (κ3) is 2.72. The average Bonchev–Trinajstić information content (AvgIpc) is 3.02. The Morgan fingerprint density at radius 1 is 1.43 bits per heavy atom. The van der Waals surface area contributed by atoms with Gasteiger partial charge in [0.1, 0.15) is 0 Å². The van der Waals surface area contributed by atoms with E-state index in [-0.39, 0.29) is 0 Å². The van der Waals surface area contributed by atoms with Crippen molar-refractivity contribution in [1.29, 1.82) is 0 Å². The van der Waals surface area contributed by atoms with Crippen molar-refractivity contribution in [2.75, 3.05) is 13.6 Å². The molecule has 3 rings (SSSR count). The third-order valence-electron chi connectivity index (χ3n) is 4.64. The number of hydrogen-bond donors (Lipinski definition) is 2. The Morgan fingerprint density at radius 2 is 2.29 bits per heavy atom.